The van der Waals surface area contributed by atoms with Crippen LogP contribution in [-0.4, -0.2) is 20.4 Å². The summed E-state index contributed by atoms with van der Waals surface area (Å²) in [4.78, 5) is 26.7. The van der Waals surface area contributed by atoms with Gasteiger partial charge in [0.15, 0.2) is 11.9 Å². The molecule has 0 aliphatic carbocycles. The fraction of sp³-hybridized carbons (Fsp3) is 0.154. The van der Waals surface area contributed by atoms with Crippen molar-refractivity contribution in [3.8, 4) is 11.3 Å². The maximum absolute atomic E-state index is 11.4. The van der Waals surface area contributed by atoms with Gasteiger partial charge in [0.1, 0.15) is 5.69 Å². The average Bonchev–Trinajstić information content (AvgIpc) is 2.90. The Hall–Kier alpha value is -2.63. The van der Waals surface area contributed by atoms with E-state index >= 15 is 0 Å². The van der Waals surface area contributed by atoms with E-state index in [-0.39, 0.29) is 0 Å². The number of aromatic nitrogens is 3. The minimum Gasteiger partial charge on any atom is -0.408 e. The van der Waals surface area contributed by atoms with E-state index in [1.807, 2.05) is 6.07 Å². The molecule has 19 heavy (non-hydrogen) atoms. The van der Waals surface area contributed by atoms with Crippen LogP contribution in [0.5, 0.6) is 0 Å². The Morgan fingerprint density at radius 3 is 2.84 bits per heavy atom. The van der Waals surface area contributed by atoms with Gasteiger partial charge in [0.2, 0.25) is 0 Å². The van der Waals surface area contributed by atoms with Crippen molar-refractivity contribution in [1.82, 2.24) is 14.1 Å². The minimum atomic E-state index is -0.413. The standard InChI is InChI=1S/C13H11N3O3/c1-15-7-14-12(10(15)6-17)8-3-4-9-11(5-8)19-13(18)16(9)2/h3-7H,1-2H3. The smallest absolute Gasteiger partial charge is 0.408 e. The van der Waals surface area contributed by atoms with Crippen molar-refractivity contribution >= 4 is 17.4 Å². The highest BCUT2D eigenvalue weighted by molar-refractivity contribution is 5.87. The van der Waals surface area contributed by atoms with Gasteiger partial charge < -0.3 is 8.98 Å². The molecule has 0 amide bonds. The molecule has 0 spiro atoms. The summed E-state index contributed by atoms with van der Waals surface area (Å²) in [6, 6.07) is 5.30. The SMILES string of the molecule is Cn1cnc(-c2ccc3c(c2)oc(=O)n3C)c1C=O. The summed E-state index contributed by atoms with van der Waals surface area (Å²) in [5.74, 6) is -0.413. The molecule has 0 aliphatic heterocycles. The lowest BCUT2D eigenvalue weighted by Gasteiger charge is -2.00. The average molecular weight is 257 g/mol. The molecule has 0 saturated heterocycles. The van der Waals surface area contributed by atoms with Crippen LogP contribution < -0.4 is 5.76 Å². The number of aldehydes is 1. The Bertz CT molecular complexity index is 839. The monoisotopic (exact) mass is 257 g/mol. The molecule has 6 nitrogen and oxygen atoms in total. The predicted molar refractivity (Wildman–Crippen MR) is 69.0 cm³/mol. The number of carbonyl (C=O) groups is 1. The molecule has 0 aliphatic rings. The van der Waals surface area contributed by atoms with Gasteiger partial charge in [-0.05, 0) is 12.1 Å². The second-order valence-electron chi connectivity index (χ2n) is 4.32. The highest BCUT2D eigenvalue weighted by Gasteiger charge is 2.13. The third-order valence-electron chi connectivity index (χ3n) is 3.16. The van der Waals surface area contributed by atoms with Crippen LogP contribution in [0.2, 0.25) is 0 Å². The molecular weight excluding hydrogens is 246 g/mol. The second kappa shape index (κ2) is 3.94. The van der Waals surface area contributed by atoms with Crippen molar-refractivity contribution in [3.63, 3.8) is 0 Å². The lowest BCUT2D eigenvalue weighted by atomic mass is 10.1. The molecule has 96 valence electrons. The number of imidazole rings is 1. The molecule has 6 heteroatoms. The third kappa shape index (κ3) is 1.61. The predicted octanol–water partition coefficient (Wildman–Crippen LogP) is 1.34. The zero-order valence-electron chi connectivity index (χ0n) is 10.5. The van der Waals surface area contributed by atoms with Crippen molar-refractivity contribution in [1.29, 1.82) is 0 Å². The van der Waals surface area contributed by atoms with Gasteiger partial charge in [-0.2, -0.15) is 0 Å². The van der Waals surface area contributed by atoms with Crippen LogP contribution in [0.15, 0.2) is 33.7 Å². The number of benzene rings is 1. The van der Waals surface area contributed by atoms with Gasteiger partial charge >= 0.3 is 5.76 Å². The van der Waals surface area contributed by atoms with Gasteiger partial charge in [-0.15, -0.1) is 0 Å². The van der Waals surface area contributed by atoms with Crippen LogP contribution in [0.1, 0.15) is 10.5 Å². The highest BCUT2D eigenvalue weighted by Crippen LogP contribution is 2.24. The summed E-state index contributed by atoms with van der Waals surface area (Å²) in [7, 11) is 3.40. The quantitative estimate of drug-likeness (QED) is 0.650. The van der Waals surface area contributed by atoms with Crippen LogP contribution in [-0.2, 0) is 14.1 Å². The van der Waals surface area contributed by atoms with Crippen LogP contribution >= 0.6 is 0 Å². The third-order valence-corrected chi connectivity index (χ3v) is 3.16. The zero-order chi connectivity index (χ0) is 13.6. The van der Waals surface area contributed by atoms with Crippen molar-refractivity contribution < 1.29 is 9.21 Å². The number of aryl methyl sites for hydroxylation is 2. The fourth-order valence-corrected chi connectivity index (χ4v) is 2.08. The highest BCUT2D eigenvalue weighted by atomic mass is 16.4. The number of hydrogen-bond donors (Lipinski definition) is 0. The van der Waals surface area contributed by atoms with Crippen molar-refractivity contribution in [2.75, 3.05) is 0 Å². The van der Waals surface area contributed by atoms with Gasteiger partial charge in [-0.3, -0.25) is 9.36 Å². The Balaban J connectivity index is 2.26. The number of hydrogen-bond acceptors (Lipinski definition) is 4. The van der Waals surface area contributed by atoms with E-state index in [1.165, 1.54) is 4.57 Å². The summed E-state index contributed by atoms with van der Waals surface area (Å²) in [6.07, 6.45) is 2.33. The van der Waals surface area contributed by atoms with Crippen LogP contribution in [0.25, 0.3) is 22.4 Å². The number of nitrogens with zero attached hydrogens (tertiary/aromatic N) is 3. The Labute approximate surface area is 107 Å². The first-order valence-corrected chi connectivity index (χ1v) is 5.68. The topological polar surface area (TPSA) is 70.0 Å². The molecule has 0 fully saturated rings. The Morgan fingerprint density at radius 2 is 2.11 bits per heavy atom. The second-order valence-corrected chi connectivity index (χ2v) is 4.32. The fourth-order valence-electron chi connectivity index (χ4n) is 2.08. The van der Waals surface area contributed by atoms with E-state index in [1.54, 1.807) is 37.1 Å². The molecule has 0 N–H and O–H groups in total. The van der Waals surface area contributed by atoms with Gasteiger partial charge in [0.05, 0.1) is 17.5 Å². The van der Waals surface area contributed by atoms with E-state index < -0.39 is 5.76 Å². The van der Waals surface area contributed by atoms with E-state index in [4.69, 9.17) is 4.42 Å². The van der Waals surface area contributed by atoms with Gasteiger partial charge in [-0.25, -0.2) is 9.78 Å². The van der Waals surface area contributed by atoms with Crippen LogP contribution in [0, 0.1) is 0 Å². The summed E-state index contributed by atoms with van der Waals surface area (Å²) < 4.78 is 8.20. The molecule has 0 radical (unpaired) electrons. The molecular formula is C13H11N3O3. The molecule has 2 aromatic heterocycles. The number of oxazole rings is 1. The number of fused-ring (bicyclic) bond motifs is 1. The molecule has 0 atom stereocenters. The van der Waals surface area contributed by atoms with Crippen molar-refractivity contribution in [2.45, 2.75) is 0 Å². The van der Waals surface area contributed by atoms with Crippen molar-refractivity contribution in [3.05, 3.63) is 40.8 Å². The minimum absolute atomic E-state index is 0.413. The Morgan fingerprint density at radius 1 is 1.32 bits per heavy atom. The van der Waals surface area contributed by atoms with Gasteiger partial charge in [0, 0.05) is 19.7 Å². The maximum Gasteiger partial charge on any atom is 0.419 e. The summed E-state index contributed by atoms with van der Waals surface area (Å²) in [5.41, 5.74) is 2.98. The van der Waals surface area contributed by atoms with Gasteiger partial charge in [-0.1, -0.05) is 6.07 Å². The first kappa shape index (κ1) is 11.5. The summed E-state index contributed by atoms with van der Waals surface area (Å²) in [6.45, 7) is 0. The number of carbonyl (C=O) groups excluding carboxylic acids is 1. The number of rotatable bonds is 2. The first-order chi connectivity index (χ1) is 9.11. The van der Waals surface area contributed by atoms with E-state index in [0.717, 1.165) is 11.8 Å². The largest absolute Gasteiger partial charge is 0.419 e. The van der Waals surface area contributed by atoms with Crippen LogP contribution in [0.3, 0.4) is 0 Å². The molecule has 3 aromatic rings. The summed E-state index contributed by atoms with van der Waals surface area (Å²) in [5, 5.41) is 0. The molecule has 0 bridgehead atoms. The first-order valence-electron chi connectivity index (χ1n) is 5.68. The van der Waals surface area contributed by atoms with E-state index in [0.29, 0.717) is 22.5 Å². The Kier molecular flexibility index (Phi) is 2.38. The zero-order valence-corrected chi connectivity index (χ0v) is 10.5. The summed E-state index contributed by atoms with van der Waals surface area (Å²) >= 11 is 0. The van der Waals surface area contributed by atoms with Gasteiger partial charge in [0.25, 0.3) is 0 Å². The molecule has 3 rings (SSSR count). The molecule has 0 saturated carbocycles. The van der Waals surface area contributed by atoms with Crippen molar-refractivity contribution in [2.24, 2.45) is 14.1 Å². The van der Waals surface area contributed by atoms with E-state index in [9.17, 15) is 9.59 Å². The molecule has 0 unspecified atom stereocenters. The molecule has 1 aromatic carbocycles. The lowest BCUT2D eigenvalue weighted by Crippen LogP contribution is -2.08. The maximum atomic E-state index is 11.4. The van der Waals surface area contributed by atoms with E-state index in [2.05, 4.69) is 4.98 Å². The lowest BCUT2D eigenvalue weighted by molar-refractivity contribution is 0.111. The van der Waals surface area contributed by atoms with Crippen LogP contribution in [0.4, 0.5) is 0 Å². The molecule has 2 heterocycles. The normalized spacial score (nSPS) is 11.1.